The molecule has 2 nitrogen and oxygen atoms in total. The molecule has 2 aliphatic rings. The van der Waals surface area contributed by atoms with Gasteiger partial charge in [0, 0.05) is 0 Å². The van der Waals surface area contributed by atoms with Crippen LogP contribution in [0.15, 0.2) is 72.8 Å². The van der Waals surface area contributed by atoms with Gasteiger partial charge in [-0.25, -0.2) is 0 Å². The van der Waals surface area contributed by atoms with E-state index in [1.165, 1.54) is 33.4 Å². The van der Waals surface area contributed by atoms with Gasteiger partial charge >= 0.3 is 262 Å². The van der Waals surface area contributed by atoms with Crippen molar-refractivity contribution in [2.24, 2.45) is 0 Å². The zero-order valence-corrected chi connectivity index (χ0v) is 31.8. The predicted molar refractivity (Wildman–Crippen MR) is 180 cm³/mol. The maximum absolute atomic E-state index is 8.42. The Balaban J connectivity index is 1.83. The van der Waals surface area contributed by atoms with Gasteiger partial charge in [0.15, 0.2) is 0 Å². The quantitative estimate of drug-likeness (QED) is 0.241. The first-order valence-electron chi connectivity index (χ1n) is 14.8. The molecule has 3 aromatic carbocycles. The van der Waals surface area contributed by atoms with Crippen LogP contribution < -0.4 is 9.47 Å². The van der Waals surface area contributed by atoms with Gasteiger partial charge in [-0.05, 0) is 0 Å². The molecule has 0 saturated carbocycles. The summed E-state index contributed by atoms with van der Waals surface area (Å²) >= 11 is -5.25. The first-order valence-corrected chi connectivity index (χ1v) is 29.6. The Hall–Kier alpha value is -1.94. The maximum atomic E-state index is 8.42. The molecule has 5 rings (SSSR count). The first-order chi connectivity index (χ1) is 19.5. The second-order valence-electron chi connectivity index (χ2n) is 14.2. The standard InChI is InChI=1S/C21H25.C13H13O2.C3H6.2ClH.Hf/c1-20(2,3)16-7-9-18-14(12-16)11-15-13-17(21(4,5)6)8-10-19(15)18;1-14-11-7-8-12(13(9-11)15-2)10-5-3-4-6-10;1-3-2;;;/h7-13H,1-6H3;3-9H,1-2H3;1-2H3;2*1H;/q;;;;;+2/p-2. The summed E-state index contributed by atoms with van der Waals surface area (Å²) < 4.78 is 12.3. The second kappa shape index (κ2) is 10.6. The zero-order chi connectivity index (χ0) is 30.9. The van der Waals surface area contributed by atoms with Crippen molar-refractivity contribution in [3.63, 3.8) is 0 Å². The van der Waals surface area contributed by atoms with Gasteiger partial charge in [-0.3, -0.25) is 0 Å². The van der Waals surface area contributed by atoms with Gasteiger partial charge in [0.25, 0.3) is 0 Å². The number of benzene rings is 3. The van der Waals surface area contributed by atoms with Gasteiger partial charge in [0.05, 0.1) is 0 Å². The van der Waals surface area contributed by atoms with E-state index in [9.17, 15) is 0 Å². The Bertz CT molecular complexity index is 1640. The van der Waals surface area contributed by atoms with Crippen molar-refractivity contribution in [2.45, 2.75) is 73.6 Å². The van der Waals surface area contributed by atoms with Crippen LogP contribution in [0.1, 0.15) is 86.9 Å². The molecule has 0 bridgehead atoms. The van der Waals surface area contributed by atoms with Crippen molar-refractivity contribution >= 4 is 26.0 Å². The Morgan fingerprint density at radius 3 is 1.69 bits per heavy atom. The summed E-state index contributed by atoms with van der Waals surface area (Å²) in [5, 5.41) is 0. The predicted octanol–water partition coefficient (Wildman–Crippen LogP) is 11.0. The van der Waals surface area contributed by atoms with E-state index >= 15 is 0 Å². The van der Waals surface area contributed by atoms with Crippen LogP contribution in [0.4, 0.5) is 0 Å². The van der Waals surface area contributed by atoms with E-state index in [2.05, 4.69) is 116 Å². The van der Waals surface area contributed by atoms with E-state index in [4.69, 9.17) is 26.6 Å². The average Bonchev–Trinajstić information content (AvgIpc) is 3.55. The molecule has 0 radical (unpaired) electrons. The Morgan fingerprint density at radius 1 is 0.714 bits per heavy atom. The molecule has 0 aliphatic heterocycles. The average molecular weight is 770 g/mol. The van der Waals surface area contributed by atoms with Gasteiger partial charge in [-0.1, -0.05) is 0 Å². The van der Waals surface area contributed by atoms with E-state index in [0.717, 1.165) is 25.9 Å². The molecule has 1 atom stereocenters. The number of hydrogen-bond acceptors (Lipinski definition) is 2. The molecular formula is C37H44Cl2HfO2. The van der Waals surface area contributed by atoms with Gasteiger partial charge in [0.1, 0.15) is 0 Å². The third-order valence-corrected chi connectivity index (χ3v) is 41.9. The van der Waals surface area contributed by atoms with Crippen LogP contribution in [-0.4, -0.2) is 17.5 Å². The van der Waals surface area contributed by atoms with Crippen molar-refractivity contribution in [2.75, 3.05) is 14.2 Å². The number of halogens is 2. The van der Waals surface area contributed by atoms with Crippen molar-refractivity contribution in [3.05, 3.63) is 101 Å². The van der Waals surface area contributed by atoms with Crippen LogP contribution in [0.3, 0.4) is 0 Å². The molecule has 1 unspecified atom stereocenters. The molecule has 2 aliphatic carbocycles. The number of allylic oxidation sites excluding steroid dienone is 4. The van der Waals surface area contributed by atoms with Crippen molar-refractivity contribution in [3.8, 4) is 22.6 Å². The number of hydrogen-bond donors (Lipinski definition) is 0. The third-order valence-electron chi connectivity index (χ3n) is 9.44. The van der Waals surface area contributed by atoms with Crippen molar-refractivity contribution < 1.29 is 25.1 Å². The third kappa shape index (κ3) is 4.92. The number of fused-ring (bicyclic) bond motifs is 3. The summed E-state index contributed by atoms with van der Waals surface area (Å²) in [5.74, 6) is 1.51. The molecular weight excluding hydrogens is 726 g/mol. The van der Waals surface area contributed by atoms with Crippen LogP contribution in [0, 0.1) is 0 Å². The van der Waals surface area contributed by atoms with Gasteiger partial charge in [-0.15, -0.1) is 0 Å². The normalized spacial score (nSPS) is 17.2. The molecule has 0 spiro atoms. The van der Waals surface area contributed by atoms with Crippen molar-refractivity contribution in [1.29, 1.82) is 0 Å². The summed E-state index contributed by atoms with van der Waals surface area (Å²) in [5.41, 5.74) is 9.75. The van der Waals surface area contributed by atoms with E-state index in [-0.39, 0.29) is 18.2 Å². The zero-order valence-electron chi connectivity index (χ0n) is 26.7. The van der Waals surface area contributed by atoms with Crippen LogP contribution in [-0.2, 0) is 26.5 Å². The molecule has 0 saturated heterocycles. The molecule has 222 valence electrons. The minimum absolute atomic E-state index is 0.00426. The molecule has 0 N–H and O–H groups in total. The van der Waals surface area contributed by atoms with Crippen molar-refractivity contribution in [1.82, 2.24) is 0 Å². The molecule has 0 aromatic heterocycles. The number of ether oxygens (including phenoxy) is 2. The van der Waals surface area contributed by atoms with Crippen LogP contribution in [0.2, 0.25) is 3.67 Å². The van der Waals surface area contributed by atoms with E-state index in [1.807, 2.05) is 12.1 Å². The van der Waals surface area contributed by atoms with E-state index < -0.39 is 15.7 Å². The van der Waals surface area contributed by atoms with Crippen LogP contribution in [0.25, 0.3) is 16.7 Å². The fourth-order valence-corrected chi connectivity index (χ4v) is 29.8. The fraction of sp³-hybridized carbons (Fsp3) is 0.378. The molecule has 0 amide bonds. The second-order valence-corrected chi connectivity index (χ2v) is 45.3. The fourth-order valence-electron chi connectivity index (χ4n) is 6.78. The van der Waals surface area contributed by atoms with Gasteiger partial charge in [-0.2, -0.15) is 0 Å². The number of methoxy groups -OCH3 is 2. The molecule has 0 heterocycles. The molecule has 0 fully saturated rings. The Labute approximate surface area is 260 Å². The first kappa shape index (κ1) is 31.5. The summed E-state index contributed by atoms with van der Waals surface area (Å²) in [6.45, 7) is 18.0. The van der Waals surface area contributed by atoms with Crippen LogP contribution in [0.5, 0.6) is 11.5 Å². The van der Waals surface area contributed by atoms with Gasteiger partial charge < -0.3 is 0 Å². The molecule has 3 aromatic rings. The van der Waals surface area contributed by atoms with E-state index in [0.29, 0.717) is 0 Å². The summed E-state index contributed by atoms with van der Waals surface area (Å²) in [7, 11) is 20.2. The minimum atomic E-state index is -5.25. The number of rotatable bonds is 5. The topological polar surface area (TPSA) is 18.5 Å². The molecule has 5 heteroatoms. The Morgan fingerprint density at radius 2 is 1.24 bits per heavy atom. The monoisotopic (exact) mass is 770 g/mol. The van der Waals surface area contributed by atoms with Gasteiger partial charge in [0.2, 0.25) is 0 Å². The van der Waals surface area contributed by atoms with E-state index in [1.54, 1.807) is 14.2 Å². The van der Waals surface area contributed by atoms with Crippen LogP contribution >= 0.6 is 17.2 Å². The summed E-state index contributed by atoms with van der Waals surface area (Å²) in [4.78, 5) is 0. The Kier molecular flexibility index (Phi) is 7.95. The molecule has 42 heavy (non-hydrogen) atoms. The SMILES string of the molecule is COc1ccc(C2=CC=C[CH]2[Hf]([Cl])([Cl])(=[C](C)C)[CH]2c3cc(C(C)(C)C)ccc3-c3ccc(C(C)(C)C)cc32)c(OC)c1. The summed E-state index contributed by atoms with van der Waals surface area (Å²) in [6.07, 6.45) is 6.55. The summed E-state index contributed by atoms with van der Waals surface area (Å²) in [6, 6.07) is 20.0.